The molecule has 134 valence electrons. The van der Waals surface area contributed by atoms with Crippen LogP contribution in [0.5, 0.6) is 5.75 Å². The smallest absolute Gasteiger partial charge is 0.347 e. The van der Waals surface area contributed by atoms with Crippen LogP contribution in [0, 0.1) is 0 Å². The lowest BCUT2D eigenvalue weighted by Crippen LogP contribution is -2.25. The second-order valence-corrected chi connectivity index (χ2v) is 6.96. The number of halogens is 1. The first-order valence-corrected chi connectivity index (χ1v) is 9.28. The van der Waals surface area contributed by atoms with Crippen molar-refractivity contribution in [1.29, 1.82) is 0 Å². The lowest BCUT2D eigenvalue weighted by molar-refractivity contribution is -0.150. The van der Waals surface area contributed by atoms with Gasteiger partial charge in [-0.2, -0.15) is 0 Å². The number of aromatic nitrogens is 2. The number of esters is 1. The third-order valence-electron chi connectivity index (χ3n) is 3.46. The van der Waals surface area contributed by atoms with Crippen molar-refractivity contribution in [1.82, 2.24) is 9.97 Å². The second kappa shape index (κ2) is 8.38. The summed E-state index contributed by atoms with van der Waals surface area (Å²) in [7, 11) is 0. The van der Waals surface area contributed by atoms with Crippen LogP contribution in [0.25, 0.3) is 11.0 Å². The number of hydrogen-bond donors (Lipinski definition) is 0. The molecule has 7 heteroatoms. The second-order valence-electron chi connectivity index (χ2n) is 5.43. The van der Waals surface area contributed by atoms with E-state index in [1.54, 1.807) is 32.2 Å². The Kier molecular flexibility index (Phi) is 5.96. The Morgan fingerprint density at radius 2 is 1.96 bits per heavy atom. The Bertz CT molecular complexity index is 918. The van der Waals surface area contributed by atoms with E-state index in [0.717, 1.165) is 21.0 Å². The van der Waals surface area contributed by atoms with Crippen molar-refractivity contribution >= 4 is 40.4 Å². The molecule has 26 heavy (non-hydrogen) atoms. The normalized spacial score (nSPS) is 12.0. The van der Waals surface area contributed by atoms with Gasteiger partial charge in [-0.1, -0.05) is 23.4 Å². The Morgan fingerprint density at radius 3 is 2.69 bits per heavy atom. The first-order chi connectivity index (χ1) is 12.5. The Morgan fingerprint density at radius 1 is 1.19 bits per heavy atom. The fourth-order valence-corrected chi connectivity index (χ4v) is 3.16. The molecule has 0 bridgehead atoms. The summed E-state index contributed by atoms with van der Waals surface area (Å²) < 4.78 is 10.5. The van der Waals surface area contributed by atoms with Gasteiger partial charge >= 0.3 is 5.97 Å². The van der Waals surface area contributed by atoms with Gasteiger partial charge in [-0.05, 0) is 56.3 Å². The van der Waals surface area contributed by atoms with Crippen LogP contribution in [0.4, 0.5) is 0 Å². The Balaban J connectivity index is 1.67. The van der Waals surface area contributed by atoms with Gasteiger partial charge in [-0.15, -0.1) is 0 Å². The summed E-state index contributed by atoms with van der Waals surface area (Å²) >= 11 is 7.46. The molecule has 0 fully saturated rings. The summed E-state index contributed by atoms with van der Waals surface area (Å²) in [5, 5.41) is 1.42. The molecule has 0 saturated carbocycles. The van der Waals surface area contributed by atoms with Gasteiger partial charge in [0, 0.05) is 9.92 Å². The predicted octanol–water partition coefficient (Wildman–Crippen LogP) is 4.76. The van der Waals surface area contributed by atoms with Gasteiger partial charge in [-0.25, -0.2) is 9.78 Å². The molecule has 1 atom stereocenters. The number of fused-ring (bicyclic) bond motifs is 1. The molecule has 0 amide bonds. The van der Waals surface area contributed by atoms with Crippen LogP contribution in [0.2, 0.25) is 5.02 Å². The van der Waals surface area contributed by atoms with Crippen LogP contribution in [0.3, 0.4) is 0 Å². The van der Waals surface area contributed by atoms with Gasteiger partial charge in [0.15, 0.2) is 6.10 Å². The third kappa shape index (κ3) is 4.65. The molecule has 2 aromatic carbocycles. The highest BCUT2D eigenvalue weighted by molar-refractivity contribution is 7.99. The van der Waals surface area contributed by atoms with Crippen molar-refractivity contribution in [2.24, 2.45) is 0 Å². The van der Waals surface area contributed by atoms with E-state index in [-0.39, 0.29) is 5.97 Å². The van der Waals surface area contributed by atoms with Crippen LogP contribution in [0.1, 0.15) is 13.8 Å². The molecule has 3 rings (SSSR count). The number of nitrogens with zero attached hydrogens (tertiary/aromatic N) is 2. The summed E-state index contributed by atoms with van der Waals surface area (Å²) in [6.45, 7) is 3.76. The summed E-state index contributed by atoms with van der Waals surface area (Å²) in [4.78, 5) is 21.6. The lowest BCUT2D eigenvalue weighted by atomic mass is 10.3. The predicted molar refractivity (Wildman–Crippen MR) is 102 cm³/mol. The fourth-order valence-electron chi connectivity index (χ4n) is 2.23. The van der Waals surface area contributed by atoms with E-state index >= 15 is 0 Å². The van der Waals surface area contributed by atoms with E-state index in [1.807, 2.05) is 30.3 Å². The van der Waals surface area contributed by atoms with E-state index in [1.165, 1.54) is 11.8 Å². The molecule has 0 saturated heterocycles. The highest BCUT2D eigenvalue weighted by atomic mass is 35.5. The number of hydrogen-bond acceptors (Lipinski definition) is 6. The zero-order valence-electron chi connectivity index (χ0n) is 14.3. The van der Waals surface area contributed by atoms with Gasteiger partial charge in [0.2, 0.25) is 0 Å². The van der Waals surface area contributed by atoms with Crippen molar-refractivity contribution in [3.8, 4) is 5.75 Å². The minimum absolute atomic E-state index is 0.334. The minimum atomic E-state index is -0.647. The third-order valence-corrected chi connectivity index (χ3v) is 4.61. The van der Waals surface area contributed by atoms with Gasteiger partial charge in [-0.3, -0.25) is 4.98 Å². The molecule has 0 aliphatic heterocycles. The minimum Gasteiger partial charge on any atom is -0.479 e. The molecule has 0 N–H and O–H groups in total. The van der Waals surface area contributed by atoms with Crippen molar-refractivity contribution in [3.05, 3.63) is 53.7 Å². The Hall–Kier alpha value is -2.31. The van der Waals surface area contributed by atoms with Gasteiger partial charge < -0.3 is 9.47 Å². The number of benzene rings is 2. The average molecular weight is 389 g/mol. The summed E-state index contributed by atoms with van der Waals surface area (Å²) in [6, 6.07) is 12.9. The maximum Gasteiger partial charge on any atom is 0.347 e. The maximum atomic E-state index is 11.6. The van der Waals surface area contributed by atoms with Crippen LogP contribution < -0.4 is 4.74 Å². The standard InChI is InChI=1S/C19H17ClN2O3S/c1-3-24-19(23)12(2)25-14-5-7-15(8-6-14)26-18-11-21-17-10-13(20)4-9-16(17)22-18/h4-12H,3H2,1-2H3. The van der Waals surface area contributed by atoms with Crippen LogP contribution in [-0.2, 0) is 9.53 Å². The number of carbonyl (C=O) groups excluding carboxylic acids is 1. The molecule has 5 nitrogen and oxygen atoms in total. The summed E-state index contributed by atoms with van der Waals surface area (Å²) in [6.07, 6.45) is 1.07. The van der Waals surface area contributed by atoms with Crippen molar-refractivity contribution in [2.45, 2.75) is 29.9 Å². The van der Waals surface area contributed by atoms with E-state index in [9.17, 15) is 4.79 Å². The van der Waals surface area contributed by atoms with Gasteiger partial charge in [0.1, 0.15) is 10.8 Å². The largest absolute Gasteiger partial charge is 0.479 e. The highest BCUT2D eigenvalue weighted by Gasteiger charge is 2.15. The van der Waals surface area contributed by atoms with Crippen LogP contribution >= 0.6 is 23.4 Å². The summed E-state index contributed by atoms with van der Waals surface area (Å²) in [5.41, 5.74) is 1.56. The lowest BCUT2D eigenvalue weighted by Gasteiger charge is -2.13. The highest BCUT2D eigenvalue weighted by Crippen LogP contribution is 2.29. The number of carbonyl (C=O) groups is 1. The van der Waals surface area contributed by atoms with E-state index in [0.29, 0.717) is 17.4 Å². The molecule has 1 heterocycles. The molecular weight excluding hydrogens is 372 g/mol. The SMILES string of the molecule is CCOC(=O)C(C)Oc1ccc(Sc2cnc3cc(Cl)ccc3n2)cc1. The first-order valence-electron chi connectivity index (χ1n) is 8.08. The summed E-state index contributed by atoms with van der Waals surface area (Å²) in [5.74, 6) is 0.228. The van der Waals surface area contributed by atoms with E-state index in [2.05, 4.69) is 9.97 Å². The average Bonchev–Trinajstić information content (AvgIpc) is 2.63. The molecule has 0 aliphatic carbocycles. The molecule has 0 radical (unpaired) electrons. The van der Waals surface area contributed by atoms with Gasteiger partial charge in [0.25, 0.3) is 0 Å². The van der Waals surface area contributed by atoms with Crippen molar-refractivity contribution < 1.29 is 14.3 Å². The maximum absolute atomic E-state index is 11.6. The first kappa shape index (κ1) is 18.5. The zero-order valence-corrected chi connectivity index (χ0v) is 15.9. The molecular formula is C19H17ClN2O3S. The molecule has 0 spiro atoms. The molecule has 1 aromatic heterocycles. The Labute approximate surface area is 160 Å². The van der Waals surface area contributed by atoms with Crippen LogP contribution in [0.15, 0.2) is 58.6 Å². The molecule has 1 unspecified atom stereocenters. The van der Waals surface area contributed by atoms with E-state index < -0.39 is 6.10 Å². The monoisotopic (exact) mass is 388 g/mol. The van der Waals surface area contributed by atoms with Crippen molar-refractivity contribution in [3.63, 3.8) is 0 Å². The quantitative estimate of drug-likeness (QED) is 0.567. The van der Waals surface area contributed by atoms with Crippen LogP contribution in [-0.4, -0.2) is 28.6 Å². The number of rotatable bonds is 6. The van der Waals surface area contributed by atoms with Crippen molar-refractivity contribution in [2.75, 3.05) is 6.61 Å². The number of ether oxygens (including phenoxy) is 2. The topological polar surface area (TPSA) is 61.3 Å². The molecule has 3 aromatic rings. The van der Waals surface area contributed by atoms with Gasteiger partial charge in [0.05, 0.1) is 23.8 Å². The zero-order chi connectivity index (χ0) is 18.5. The fraction of sp³-hybridized carbons (Fsp3) is 0.211. The van der Waals surface area contributed by atoms with E-state index in [4.69, 9.17) is 21.1 Å². The molecule has 0 aliphatic rings.